The Bertz CT molecular complexity index is 194. The highest BCUT2D eigenvalue weighted by molar-refractivity contribution is 5.75. The van der Waals surface area contributed by atoms with Gasteiger partial charge in [-0.3, -0.25) is 0 Å². The SMILES string of the molecule is CCCCCCC(C)N1CCCNC1=O. The van der Waals surface area contributed by atoms with Crippen molar-refractivity contribution in [3.8, 4) is 0 Å². The van der Waals surface area contributed by atoms with E-state index in [1.165, 1.54) is 25.7 Å². The van der Waals surface area contributed by atoms with Crippen molar-refractivity contribution in [2.24, 2.45) is 0 Å². The highest BCUT2D eigenvalue weighted by Gasteiger charge is 2.21. The first-order valence-corrected chi connectivity index (χ1v) is 6.30. The van der Waals surface area contributed by atoms with Crippen LogP contribution in [0.25, 0.3) is 0 Å². The fraction of sp³-hybridized carbons (Fsp3) is 0.917. The topological polar surface area (TPSA) is 32.3 Å². The van der Waals surface area contributed by atoms with Crippen molar-refractivity contribution in [1.29, 1.82) is 0 Å². The molecule has 3 heteroatoms. The molecule has 1 rings (SSSR count). The zero-order valence-electron chi connectivity index (χ0n) is 10.1. The first-order valence-electron chi connectivity index (χ1n) is 6.30. The Morgan fingerprint density at radius 2 is 2.20 bits per heavy atom. The van der Waals surface area contributed by atoms with Gasteiger partial charge in [0, 0.05) is 19.1 Å². The van der Waals surface area contributed by atoms with Crippen LogP contribution in [-0.4, -0.2) is 30.1 Å². The van der Waals surface area contributed by atoms with Gasteiger partial charge in [0.05, 0.1) is 0 Å². The minimum atomic E-state index is 0.129. The van der Waals surface area contributed by atoms with Gasteiger partial charge in [0.2, 0.25) is 0 Å². The lowest BCUT2D eigenvalue weighted by atomic mass is 10.1. The van der Waals surface area contributed by atoms with Crippen LogP contribution in [0, 0.1) is 0 Å². The molecule has 1 fully saturated rings. The predicted octanol–water partition coefficient (Wildman–Crippen LogP) is 2.76. The van der Waals surface area contributed by atoms with Crippen LogP contribution in [0.4, 0.5) is 4.79 Å². The van der Waals surface area contributed by atoms with Gasteiger partial charge in [-0.1, -0.05) is 32.6 Å². The summed E-state index contributed by atoms with van der Waals surface area (Å²) in [6.45, 7) is 6.16. The fourth-order valence-electron chi connectivity index (χ4n) is 2.09. The summed E-state index contributed by atoms with van der Waals surface area (Å²) < 4.78 is 0. The van der Waals surface area contributed by atoms with Gasteiger partial charge in [-0.05, 0) is 19.8 Å². The third kappa shape index (κ3) is 4.10. The number of hydrogen-bond donors (Lipinski definition) is 1. The van der Waals surface area contributed by atoms with Gasteiger partial charge in [0.1, 0.15) is 0 Å². The third-order valence-electron chi connectivity index (χ3n) is 3.12. The molecule has 1 atom stereocenters. The van der Waals surface area contributed by atoms with Crippen LogP contribution >= 0.6 is 0 Å². The van der Waals surface area contributed by atoms with Crippen molar-refractivity contribution in [2.45, 2.75) is 58.4 Å². The van der Waals surface area contributed by atoms with Crippen LogP contribution in [0.2, 0.25) is 0 Å². The molecule has 1 N–H and O–H groups in total. The standard InChI is InChI=1S/C12H24N2O/c1-3-4-5-6-8-11(2)14-10-7-9-13-12(14)15/h11H,3-10H2,1-2H3,(H,13,15). The number of carbonyl (C=O) groups excluding carboxylic acids is 1. The Labute approximate surface area is 93.2 Å². The maximum atomic E-state index is 11.5. The van der Waals surface area contributed by atoms with E-state index in [2.05, 4.69) is 19.2 Å². The predicted molar refractivity (Wildman–Crippen MR) is 62.9 cm³/mol. The molecule has 1 aliphatic rings. The first kappa shape index (κ1) is 12.3. The van der Waals surface area contributed by atoms with Crippen LogP contribution in [-0.2, 0) is 0 Å². The zero-order chi connectivity index (χ0) is 11.1. The summed E-state index contributed by atoms with van der Waals surface area (Å²) in [6, 6.07) is 0.534. The Hall–Kier alpha value is -0.730. The molecule has 88 valence electrons. The number of urea groups is 1. The number of amides is 2. The second-order valence-corrected chi connectivity index (χ2v) is 4.48. The van der Waals surface area contributed by atoms with E-state index in [-0.39, 0.29) is 6.03 Å². The minimum Gasteiger partial charge on any atom is -0.338 e. The number of nitrogens with one attached hydrogen (secondary N) is 1. The van der Waals surface area contributed by atoms with E-state index in [4.69, 9.17) is 0 Å². The van der Waals surface area contributed by atoms with Gasteiger partial charge in [0.15, 0.2) is 0 Å². The lowest BCUT2D eigenvalue weighted by molar-refractivity contribution is 0.161. The summed E-state index contributed by atoms with van der Waals surface area (Å²) in [6.07, 6.45) is 7.38. The van der Waals surface area contributed by atoms with E-state index in [0.29, 0.717) is 6.04 Å². The number of nitrogens with zero attached hydrogens (tertiary/aromatic N) is 1. The molecule has 0 aromatic rings. The molecule has 1 aliphatic heterocycles. The maximum absolute atomic E-state index is 11.5. The van der Waals surface area contributed by atoms with E-state index in [0.717, 1.165) is 25.9 Å². The minimum absolute atomic E-state index is 0.129. The third-order valence-corrected chi connectivity index (χ3v) is 3.12. The van der Waals surface area contributed by atoms with Gasteiger partial charge in [-0.2, -0.15) is 0 Å². The number of rotatable bonds is 6. The molecule has 15 heavy (non-hydrogen) atoms. The molecule has 0 aromatic carbocycles. The molecule has 3 nitrogen and oxygen atoms in total. The van der Waals surface area contributed by atoms with Crippen molar-refractivity contribution in [1.82, 2.24) is 10.2 Å². The monoisotopic (exact) mass is 212 g/mol. The van der Waals surface area contributed by atoms with Crippen molar-refractivity contribution in [2.75, 3.05) is 13.1 Å². The van der Waals surface area contributed by atoms with Crippen molar-refractivity contribution >= 4 is 6.03 Å². The van der Waals surface area contributed by atoms with Crippen LogP contribution in [0.1, 0.15) is 52.4 Å². The lowest BCUT2D eigenvalue weighted by Crippen LogP contribution is -2.50. The largest absolute Gasteiger partial charge is 0.338 e. The summed E-state index contributed by atoms with van der Waals surface area (Å²) in [5, 5.41) is 2.90. The molecular weight excluding hydrogens is 188 g/mol. The van der Waals surface area contributed by atoms with Crippen LogP contribution in [0.3, 0.4) is 0 Å². The summed E-state index contributed by atoms with van der Waals surface area (Å²) in [4.78, 5) is 13.5. The smallest absolute Gasteiger partial charge is 0.317 e. The van der Waals surface area contributed by atoms with Gasteiger partial charge in [-0.15, -0.1) is 0 Å². The van der Waals surface area contributed by atoms with Gasteiger partial charge < -0.3 is 10.2 Å². The summed E-state index contributed by atoms with van der Waals surface area (Å²) >= 11 is 0. The van der Waals surface area contributed by atoms with Crippen LogP contribution in [0.15, 0.2) is 0 Å². The first-order chi connectivity index (χ1) is 7.25. The highest BCUT2D eigenvalue weighted by atomic mass is 16.2. The van der Waals surface area contributed by atoms with E-state index in [1.54, 1.807) is 0 Å². The van der Waals surface area contributed by atoms with E-state index in [1.807, 2.05) is 4.90 Å². The molecule has 1 heterocycles. The molecule has 1 saturated heterocycles. The molecule has 1 unspecified atom stereocenters. The fourth-order valence-corrected chi connectivity index (χ4v) is 2.09. The number of unbranched alkanes of at least 4 members (excludes halogenated alkanes) is 3. The van der Waals surface area contributed by atoms with Crippen molar-refractivity contribution in [3.63, 3.8) is 0 Å². The lowest BCUT2D eigenvalue weighted by Gasteiger charge is -2.32. The number of hydrogen-bond acceptors (Lipinski definition) is 1. The quantitative estimate of drug-likeness (QED) is 0.675. The zero-order valence-corrected chi connectivity index (χ0v) is 10.1. The second kappa shape index (κ2) is 6.70. The molecule has 0 aromatic heterocycles. The summed E-state index contributed by atoms with van der Waals surface area (Å²) in [5.74, 6) is 0. The average Bonchev–Trinajstić information content (AvgIpc) is 2.25. The molecule has 0 radical (unpaired) electrons. The summed E-state index contributed by atoms with van der Waals surface area (Å²) in [7, 11) is 0. The normalized spacial score (nSPS) is 18.8. The van der Waals surface area contributed by atoms with Gasteiger partial charge in [-0.25, -0.2) is 4.79 Å². The van der Waals surface area contributed by atoms with Crippen LogP contribution < -0.4 is 5.32 Å². The Balaban J connectivity index is 2.19. The molecule has 0 aliphatic carbocycles. The van der Waals surface area contributed by atoms with Crippen molar-refractivity contribution < 1.29 is 4.79 Å². The Morgan fingerprint density at radius 3 is 2.87 bits per heavy atom. The molecule has 2 amide bonds. The van der Waals surface area contributed by atoms with E-state index < -0.39 is 0 Å². The number of carbonyl (C=O) groups is 1. The molecular formula is C12H24N2O. The molecule has 0 saturated carbocycles. The van der Waals surface area contributed by atoms with Gasteiger partial charge in [0.25, 0.3) is 0 Å². The molecule has 0 bridgehead atoms. The van der Waals surface area contributed by atoms with Gasteiger partial charge >= 0.3 is 6.03 Å². The Morgan fingerprint density at radius 1 is 1.40 bits per heavy atom. The second-order valence-electron chi connectivity index (χ2n) is 4.48. The van der Waals surface area contributed by atoms with Crippen molar-refractivity contribution in [3.05, 3.63) is 0 Å². The maximum Gasteiger partial charge on any atom is 0.317 e. The molecule has 0 spiro atoms. The van der Waals surface area contributed by atoms with Crippen LogP contribution in [0.5, 0.6) is 0 Å². The highest BCUT2D eigenvalue weighted by Crippen LogP contribution is 2.12. The Kier molecular flexibility index (Phi) is 5.51. The summed E-state index contributed by atoms with van der Waals surface area (Å²) in [5.41, 5.74) is 0. The van der Waals surface area contributed by atoms with E-state index >= 15 is 0 Å². The average molecular weight is 212 g/mol. The van der Waals surface area contributed by atoms with E-state index in [9.17, 15) is 4.79 Å².